The number of nitrogens with zero attached hydrogens (tertiary/aromatic N) is 2. The first-order chi connectivity index (χ1) is 7.29. The number of aliphatic hydroxyl groups is 1. The van der Waals surface area contributed by atoms with E-state index in [-0.39, 0.29) is 6.61 Å². The fourth-order valence-corrected chi connectivity index (χ4v) is 2.97. The minimum atomic E-state index is 0.289. The molecule has 0 spiro atoms. The molecular formula is C11H18N2OS. The molecule has 0 aliphatic carbocycles. The Hall–Kier alpha value is -0.450. The second-order valence-electron chi connectivity index (χ2n) is 4.15. The van der Waals surface area contributed by atoms with Crippen LogP contribution in [0.15, 0.2) is 6.20 Å². The molecule has 0 aromatic carbocycles. The van der Waals surface area contributed by atoms with E-state index in [9.17, 15) is 5.11 Å². The maximum Gasteiger partial charge on any atom is 0.0897 e. The van der Waals surface area contributed by atoms with E-state index in [1.165, 1.54) is 17.7 Å². The average Bonchev–Trinajstić information content (AvgIpc) is 2.65. The highest BCUT2D eigenvalue weighted by molar-refractivity contribution is 7.11. The van der Waals surface area contributed by atoms with Gasteiger partial charge in [0.25, 0.3) is 0 Å². The Labute approximate surface area is 94.8 Å². The molecule has 84 valence electrons. The molecule has 1 saturated heterocycles. The Bertz CT molecular complexity index is 313. The monoisotopic (exact) mass is 226 g/mol. The second-order valence-corrected chi connectivity index (χ2v) is 5.47. The molecule has 1 aliphatic heterocycles. The Morgan fingerprint density at radius 2 is 2.47 bits per heavy atom. The lowest BCUT2D eigenvalue weighted by Crippen LogP contribution is -2.40. The highest BCUT2D eigenvalue weighted by atomic mass is 32.1. The van der Waals surface area contributed by atoms with E-state index in [0.29, 0.717) is 6.04 Å². The summed E-state index contributed by atoms with van der Waals surface area (Å²) >= 11 is 1.76. The van der Waals surface area contributed by atoms with Crippen LogP contribution in [0.2, 0.25) is 0 Å². The first-order valence-corrected chi connectivity index (χ1v) is 6.37. The molecule has 2 heterocycles. The highest BCUT2D eigenvalue weighted by Crippen LogP contribution is 2.21. The van der Waals surface area contributed by atoms with Crippen molar-refractivity contribution in [2.24, 2.45) is 0 Å². The standard InChI is InChI=1S/C11H18N2OS/c1-9-12-6-11(15-9)7-13-5-3-2-4-10(13)8-14/h6,10,14H,2-5,7-8H2,1H3. The fraction of sp³-hybridized carbons (Fsp3) is 0.727. The quantitative estimate of drug-likeness (QED) is 0.854. The van der Waals surface area contributed by atoms with Gasteiger partial charge in [0.2, 0.25) is 0 Å². The number of hydrogen-bond acceptors (Lipinski definition) is 4. The van der Waals surface area contributed by atoms with Crippen LogP contribution in [0, 0.1) is 6.92 Å². The Morgan fingerprint density at radius 1 is 1.60 bits per heavy atom. The van der Waals surface area contributed by atoms with Gasteiger partial charge in [0.15, 0.2) is 0 Å². The largest absolute Gasteiger partial charge is 0.395 e. The average molecular weight is 226 g/mol. The number of likely N-dealkylation sites (tertiary alicyclic amines) is 1. The maximum atomic E-state index is 9.29. The van der Waals surface area contributed by atoms with Crippen LogP contribution in [-0.4, -0.2) is 34.2 Å². The Kier molecular flexibility index (Phi) is 3.72. The fourth-order valence-electron chi connectivity index (χ4n) is 2.15. The summed E-state index contributed by atoms with van der Waals surface area (Å²) in [5.41, 5.74) is 0. The summed E-state index contributed by atoms with van der Waals surface area (Å²) in [6.45, 7) is 4.39. The molecule has 0 bridgehead atoms. The van der Waals surface area contributed by atoms with Crippen LogP contribution in [0.5, 0.6) is 0 Å². The number of aromatic nitrogens is 1. The van der Waals surface area contributed by atoms with Gasteiger partial charge in [0, 0.05) is 23.7 Å². The van der Waals surface area contributed by atoms with Crippen LogP contribution < -0.4 is 0 Å². The summed E-state index contributed by atoms with van der Waals surface area (Å²) < 4.78 is 0. The van der Waals surface area contributed by atoms with E-state index in [2.05, 4.69) is 9.88 Å². The van der Waals surface area contributed by atoms with Gasteiger partial charge in [0.05, 0.1) is 11.6 Å². The van der Waals surface area contributed by atoms with E-state index in [0.717, 1.165) is 24.5 Å². The predicted molar refractivity (Wildman–Crippen MR) is 62.0 cm³/mol. The second kappa shape index (κ2) is 5.05. The smallest absolute Gasteiger partial charge is 0.0897 e. The van der Waals surface area contributed by atoms with Crippen molar-refractivity contribution >= 4 is 11.3 Å². The minimum Gasteiger partial charge on any atom is -0.395 e. The van der Waals surface area contributed by atoms with Crippen LogP contribution in [0.3, 0.4) is 0 Å². The van der Waals surface area contributed by atoms with Crippen molar-refractivity contribution in [2.75, 3.05) is 13.2 Å². The third-order valence-corrected chi connectivity index (χ3v) is 3.89. The van der Waals surface area contributed by atoms with E-state index < -0.39 is 0 Å². The van der Waals surface area contributed by atoms with Crippen LogP contribution in [-0.2, 0) is 6.54 Å². The third-order valence-electron chi connectivity index (χ3n) is 2.99. The van der Waals surface area contributed by atoms with Gasteiger partial charge < -0.3 is 5.11 Å². The van der Waals surface area contributed by atoms with Crippen molar-refractivity contribution in [3.63, 3.8) is 0 Å². The van der Waals surface area contributed by atoms with E-state index in [4.69, 9.17) is 0 Å². The summed E-state index contributed by atoms with van der Waals surface area (Å²) in [4.78, 5) is 7.96. The van der Waals surface area contributed by atoms with Gasteiger partial charge in [-0.1, -0.05) is 6.42 Å². The lowest BCUT2D eigenvalue weighted by Gasteiger charge is -2.34. The zero-order valence-corrected chi connectivity index (χ0v) is 9.96. The van der Waals surface area contributed by atoms with Gasteiger partial charge in [-0.05, 0) is 26.3 Å². The molecule has 1 N–H and O–H groups in total. The molecule has 1 fully saturated rings. The molecule has 0 saturated carbocycles. The van der Waals surface area contributed by atoms with E-state index in [1.807, 2.05) is 13.1 Å². The number of rotatable bonds is 3. The third kappa shape index (κ3) is 2.77. The number of thiazole rings is 1. The Balaban J connectivity index is 1.97. The van der Waals surface area contributed by atoms with Gasteiger partial charge in [-0.2, -0.15) is 0 Å². The van der Waals surface area contributed by atoms with Gasteiger partial charge in [-0.15, -0.1) is 11.3 Å². The lowest BCUT2D eigenvalue weighted by atomic mass is 10.0. The number of hydrogen-bond donors (Lipinski definition) is 1. The van der Waals surface area contributed by atoms with Crippen LogP contribution in [0.25, 0.3) is 0 Å². The number of aryl methyl sites for hydroxylation is 1. The normalized spacial score (nSPS) is 23.2. The van der Waals surface area contributed by atoms with Crippen LogP contribution in [0.4, 0.5) is 0 Å². The van der Waals surface area contributed by atoms with Crippen molar-refractivity contribution < 1.29 is 5.11 Å². The molecule has 1 atom stereocenters. The predicted octanol–water partition coefficient (Wildman–Crippen LogP) is 1.80. The summed E-state index contributed by atoms with van der Waals surface area (Å²) in [6, 6.07) is 0.362. The molecule has 3 nitrogen and oxygen atoms in total. The molecule has 4 heteroatoms. The summed E-state index contributed by atoms with van der Waals surface area (Å²) in [7, 11) is 0. The summed E-state index contributed by atoms with van der Waals surface area (Å²) in [5.74, 6) is 0. The molecule has 0 amide bonds. The molecule has 1 aromatic heterocycles. The van der Waals surface area contributed by atoms with Crippen molar-refractivity contribution in [3.05, 3.63) is 16.1 Å². The summed E-state index contributed by atoms with van der Waals surface area (Å²) in [6.07, 6.45) is 5.61. The van der Waals surface area contributed by atoms with Gasteiger partial charge in [0.1, 0.15) is 0 Å². The minimum absolute atomic E-state index is 0.289. The lowest BCUT2D eigenvalue weighted by molar-refractivity contribution is 0.0849. The van der Waals surface area contributed by atoms with E-state index in [1.54, 1.807) is 11.3 Å². The van der Waals surface area contributed by atoms with Crippen LogP contribution >= 0.6 is 11.3 Å². The molecule has 15 heavy (non-hydrogen) atoms. The maximum absolute atomic E-state index is 9.29. The van der Waals surface area contributed by atoms with Crippen LogP contribution in [0.1, 0.15) is 29.1 Å². The summed E-state index contributed by atoms with van der Waals surface area (Å²) in [5, 5.41) is 10.4. The first kappa shape index (κ1) is 11.0. The molecule has 2 rings (SSSR count). The first-order valence-electron chi connectivity index (χ1n) is 5.56. The van der Waals surface area contributed by atoms with Gasteiger partial charge >= 0.3 is 0 Å². The zero-order valence-electron chi connectivity index (χ0n) is 9.15. The van der Waals surface area contributed by atoms with Crippen molar-refractivity contribution in [1.29, 1.82) is 0 Å². The van der Waals surface area contributed by atoms with Gasteiger partial charge in [-0.25, -0.2) is 4.98 Å². The molecule has 0 radical (unpaired) electrons. The molecule has 1 aliphatic rings. The SMILES string of the molecule is Cc1ncc(CN2CCCCC2CO)s1. The number of piperidine rings is 1. The van der Waals surface area contributed by atoms with Crippen molar-refractivity contribution in [3.8, 4) is 0 Å². The molecular weight excluding hydrogens is 208 g/mol. The zero-order chi connectivity index (χ0) is 10.7. The molecule has 1 aromatic rings. The Morgan fingerprint density at radius 3 is 3.13 bits per heavy atom. The van der Waals surface area contributed by atoms with Crippen molar-refractivity contribution in [2.45, 2.75) is 38.8 Å². The van der Waals surface area contributed by atoms with Gasteiger partial charge in [-0.3, -0.25) is 4.90 Å². The topological polar surface area (TPSA) is 36.4 Å². The molecule has 1 unspecified atom stereocenters. The number of aliphatic hydroxyl groups excluding tert-OH is 1. The van der Waals surface area contributed by atoms with Crippen molar-refractivity contribution in [1.82, 2.24) is 9.88 Å². The highest BCUT2D eigenvalue weighted by Gasteiger charge is 2.21. The van der Waals surface area contributed by atoms with E-state index >= 15 is 0 Å².